The first-order chi connectivity index (χ1) is 7.68. The third kappa shape index (κ3) is 2.69. The van der Waals surface area contributed by atoms with Crippen LogP contribution in [0.2, 0.25) is 10.0 Å². The van der Waals surface area contributed by atoms with E-state index in [1.54, 1.807) is 0 Å². The normalized spacial score (nSPS) is 19.7. The molecule has 0 saturated carbocycles. The van der Waals surface area contributed by atoms with Crippen LogP contribution in [0.3, 0.4) is 0 Å². The summed E-state index contributed by atoms with van der Waals surface area (Å²) in [6.07, 6.45) is 2.25. The predicted octanol–water partition coefficient (Wildman–Crippen LogP) is 2.99. The van der Waals surface area contributed by atoms with E-state index in [-0.39, 0.29) is 6.04 Å². The van der Waals surface area contributed by atoms with Crippen molar-refractivity contribution in [2.45, 2.75) is 18.9 Å². The molecule has 0 spiro atoms. The first kappa shape index (κ1) is 12.2. The van der Waals surface area contributed by atoms with Crippen molar-refractivity contribution in [1.82, 2.24) is 5.32 Å². The quantitative estimate of drug-likeness (QED) is 0.856. The van der Waals surface area contributed by atoms with Crippen LogP contribution < -0.4 is 11.1 Å². The highest BCUT2D eigenvalue weighted by molar-refractivity contribution is 6.42. The molecule has 3 N–H and O–H groups in total. The highest BCUT2D eigenvalue weighted by Gasteiger charge is 2.21. The summed E-state index contributed by atoms with van der Waals surface area (Å²) in [4.78, 5) is 0. The second kappa shape index (κ2) is 5.37. The molecule has 16 heavy (non-hydrogen) atoms. The van der Waals surface area contributed by atoms with Gasteiger partial charge in [0.05, 0.1) is 10.0 Å². The summed E-state index contributed by atoms with van der Waals surface area (Å²) in [7, 11) is 0. The minimum absolute atomic E-state index is 0.0665. The van der Waals surface area contributed by atoms with E-state index in [9.17, 15) is 0 Å². The lowest BCUT2D eigenvalue weighted by atomic mass is 9.87. The van der Waals surface area contributed by atoms with Gasteiger partial charge in [0.2, 0.25) is 0 Å². The molecule has 1 heterocycles. The summed E-state index contributed by atoms with van der Waals surface area (Å²) in [5.41, 5.74) is 7.34. The van der Waals surface area contributed by atoms with Crippen LogP contribution in [-0.2, 0) is 0 Å². The highest BCUT2D eigenvalue weighted by Crippen LogP contribution is 2.30. The zero-order chi connectivity index (χ0) is 11.5. The van der Waals surface area contributed by atoms with E-state index in [1.165, 1.54) is 0 Å². The molecule has 1 aromatic rings. The van der Waals surface area contributed by atoms with Gasteiger partial charge in [-0.1, -0.05) is 29.3 Å². The molecule has 0 bridgehead atoms. The van der Waals surface area contributed by atoms with Crippen molar-refractivity contribution in [3.8, 4) is 0 Å². The lowest BCUT2D eigenvalue weighted by Crippen LogP contribution is -2.33. The van der Waals surface area contributed by atoms with E-state index < -0.39 is 0 Å². The summed E-state index contributed by atoms with van der Waals surface area (Å²) < 4.78 is 0. The molecule has 0 amide bonds. The molecule has 1 fully saturated rings. The third-order valence-corrected chi connectivity index (χ3v) is 3.96. The van der Waals surface area contributed by atoms with Gasteiger partial charge in [0.25, 0.3) is 0 Å². The molecule has 1 aromatic carbocycles. The van der Waals surface area contributed by atoms with Crippen LogP contribution in [0.4, 0.5) is 0 Å². The Bertz CT molecular complexity index is 362. The van der Waals surface area contributed by atoms with Crippen molar-refractivity contribution in [2.24, 2.45) is 11.7 Å². The van der Waals surface area contributed by atoms with Gasteiger partial charge in [-0.15, -0.1) is 0 Å². The summed E-state index contributed by atoms with van der Waals surface area (Å²) in [6, 6.07) is 5.74. The van der Waals surface area contributed by atoms with Gasteiger partial charge in [0, 0.05) is 6.04 Å². The lowest BCUT2D eigenvalue weighted by Gasteiger charge is -2.28. The van der Waals surface area contributed by atoms with Crippen molar-refractivity contribution >= 4 is 23.2 Å². The Morgan fingerprint density at radius 1 is 1.19 bits per heavy atom. The minimum Gasteiger partial charge on any atom is -0.324 e. The smallest absolute Gasteiger partial charge is 0.0595 e. The van der Waals surface area contributed by atoms with E-state index in [1.807, 2.05) is 18.2 Å². The van der Waals surface area contributed by atoms with Gasteiger partial charge in [0.15, 0.2) is 0 Å². The number of benzene rings is 1. The molecule has 4 heteroatoms. The Morgan fingerprint density at radius 3 is 2.50 bits per heavy atom. The van der Waals surface area contributed by atoms with Crippen LogP contribution in [0.5, 0.6) is 0 Å². The monoisotopic (exact) mass is 258 g/mol. The number of rotatable bonds is 2. The molecular weight excluding hydrogens is 243 g/mol. The van der Waals surface area contributed by atoms with Crippen LogP contribution in [0.25, 0.3) is 0 Å². The summed E-state index contributed by atoms with van der Waals surface area (Å²) in [5, 5.41) is 4.51. The van der Waals surface area contributed by atoms with Crippen LogP contribution in [0.1, 0.15) is 24.4 Å². The molecule has 1 atom stereocenters. The standard InChI is InChI=1S/C12H16Cl2N2/c13-10-2-1-9(7-11(10)14)12(15)8-3-5-16-6-4-8/h1-2,7-8,12,16H,3-6,15H2/t12-/m1/s1. The molecule has 0 radical (unpaired) electrons. The highest BCUT2D eigenvalue weighted by atomic mass is 35.5. The van der Waals surface area contributed by atoms with E-state index in [4.69, 9.17) is 28.9 Å². The van der Waals surface area contributed by atoms with Gasteiger partial charge in [0.1, 0.15) is 0 Å². The van der Waals surface area contributed by atoms with E-state index in [0.29, 0.717) is 16.0 Å². The number of hydrogen-bond acceptors (Lipinski definition) is 2. The third-order valence-electron chi connectivity index (χ3n) is 3.22. The molecule has 0 aliphatic carbocycles. The maximum absolute atomic E-state index is 6.26. The molecule has 88 valence electrons. The second-order valence-electron chi connectivity index (χ2n) is 4.29. The van der Waals surface area contributed by atoms with Gasteiger partial charge in [-0.2, -0.15) is 0 Å². The number of nitrogens with two attached hydrogens (primary N) is 1. The molecular formula is C12H16Cl2N2. The Kier molecular flexibility index (Phi) is 4.09. The number of halogens is 2. The summed E-state index contributed by atoms with van der Waals surface area (Å²) >= 11 is 11.9. The Hall–Kier alpha value is -0.280. The molecule has 2 nitrogen and oxygen atoms in total. The van der Waals surface area contributed by atoms with Crippen LogP contribution in [0, 0.1) is 5.92 Å². The first-order valence-electron chi connectivity index (χ1n) is 5.59. The number of hydrogen-bond donors (Lipinski definition) is 2. The van der Waals surface area contributed by atoms with E-state index in [2.05, 4.69) is 5.32 Å². The van der Waals surface area contributed by atoms with Gasteiger partial charge in [-0.3, -0.25) is 0 Å². The minimum atomic E-state index is 0.0665. The lowest BCUT2D eigenvalue weighted by molar-refractivity contribution is 0.322. The fourth-order valence-electron chi connectivity index (χ4n) is 2.20. The largest absolute Gasteiger partial charge is 0.324 e. The van der Waals surface area contributed by atoms with Crippen molar-refractivity contribution in [1.29, 1.82) is 0 Å². The molecule has 1 aliphatic heterocycles. The first-order valence-corrected chi connectivity index (χ1v) is 6.35. The Morgan fingerprint density at radius 2 is 1.88 bits per heavy atom. The zero-order valence-electron chi connectivity index (χ0n) is 9.05. The Labute approximate surface area is 106 Å². The fraction of sp³-hybridized carbons (Fsp3) is 0.500. The van der Waals surface area contributed by atoms with Crippen molar-refractivity contribution in [3.05, 3.63) is 33.8 Å². The summed E-state index contributed by atoms with van der Waals surface area (Å²) in [6.45, 7) is 2.11. The van der Waals surface area contributed by atoms with E-state index >= 15 is 0 Å². The molecule has 1 aliphatic rings. The van der Waals surface area contributed by atoms with Gasteiger partial charge >= 0.3 is 0 Å². The molecule has 0 aromatic heterocycles. The molecule has 2 rings (SSSR count). The van der Waals surface area contributed by atoms with Crippen molar-refractivity contribution in [2.75, 3.05) is 13.1 Å². The topological polar surface area (TPSA) is 38.0 Å². The second-order valence-corrected chi connectivity index (χ2v) is 5.10. The predicted molar refractivity (Wildman–Crippen MR) is 69.0 cm³/mol. The molecule has 1 saturated heterocycles. The van der Waals surface area contributed by atoms with Gasteiger partial charge in [-0.05, 0) is 49.5 Å². The number of nitrogens with one attached hydrogen (secondary N) is 1. The van der Waals surface area contributed by atoms with Gasteiger partial charge < -0.3 is 11.1 Å². The van der Waals surface area contributed by atoms with Gasteiger partial charge in [-0.25, -0.2) is 0 Å². The Balaban J connectivity index is 2.12. The van der Waals surface area contributed by atoms with Crippen LogP contribution >= 0.6 is 23.2 Å². The van der Waals surface area contributed by atoms with E-state index in [0.717, 1.165) is 31.5 Å². The molecule has 0 unspecified atom stereocenters. The average Bonchev–Trinajstić information content (AvgIpc) is 2.33. The maximum Gasteiger partial charge on any atom is 0.0595 e. The van der Waals surface area contributed by atoms with Crippen molar-refractivity contribution in [3.63, 3.8) is 0 Å². The SMILES string of the molecule is N[C@@H](c1ccc(Cl)c(Cl)c1)C1CCNCC1. The number of piperidine rings is 1. The zero-order valence-corrected chi connectivity index (χ0v) is 10.6. The average molecular weight is 259 g/mol. The van der Waals surface area contributed by atoms with Crippen LogP contribution in [-0.4, -0.2) is 13.1 Å². The van der Waals surface area contributed by atoms with Crippen LogP contribution in [0.15, 0.2) is 18.2 Å². The fourth-order valence-corrected chi connectivity index (χ4v) is 2.50. The van der Waals surface area contributed by atoms with Crippen molar-refractivity contribution < 1.29 is 0 Å². The summed E-state index contributed by atoms with van der Waals surface area (Å²) in [5.74, 6) is 0.540. The maximum atomic E-state index is 6.26.